The molecule has 1 amide bonds. The van der Waals surface area contributed by atoms with Crippen molar-refractivity contribution in [2.75, 3.05) is 37.7 Å². The fraction of sp³-hybridized carbons (Fsp3) is 0.355. The van der Waals surface area contributed by atoms with Crippen LogP contribution in [0.15, 0.2) is 60.7 Å². The summed E-state index contributed by atoms with van der Waals surface area (Å²) in [6.07, 6.45) is 0.755. The van der Waals surface area contributed by atoms with Crippen LogP contribution in [0.2, 0.25) is 0 Å². The summed E-state index contributed by atoms with van der Waals surface area (Å²) in [6.45, 7) is 7.17. The Hall–Kier alpha value is -4.11. The van der Waals surface area contributed by atoms with Crippen molar-refractivity contribution in [3.63, 3.8) is 0 Å². The molecule has 0 saturated carbocycles. The zero-order valence-corrected chi connectivity index (χ0v) is 22.7. The van der Waals surface area contributed by atoms with Gasteiger partial charge in [-0.05, 0) is 61.4 Å². The predicted octanol–water partition coefficient (Wildman–Crippen LogP) is 5.98. The molecule has 0 aliphatic carbocycles. The van der Waals surface area contributed by atoms with Gasteiger partial charge in [-0.1, -0.05) is 24.3 Å². The van der Waals surface area contributed by atoms with Crippen molar-refractivity contribution >= 4 is 17.7 Å². The van der Waals surface area contributed by atoms with Crippen molar-refractivity contribution in [1.29, 1.82) is 0 Å². The monoisotopic (exact) mass is 548 g/mol. The highest BCUT2D eigenvalue weighted by atomic mass is 19.1. The van der Waals surface area contributed by atoms with Crippen molar-refractivity contribution in [2.24, 2.45) is 0 Å². The summed E-state index contributed by atoms with van der Waals surface area (Å²) >= 11 is 0. The van der Waals surface area contributed by atoms with Crippen LogP contribution < -0.4 is 14.4 Å². The minimum Gasteiger partial charge on any atom is -0.493 e. The van der Waals surface area contributed by atoms with E-state index in [1.165, 1.54) is 23.1 Å². The predicted molar refractivity (Wildman–Crippen MR) is 149 cm³/mol. The number of nitrogens with zero attached hydrogens (tertiary/aromatic N) is 2. The summed E-state index contributed by atoms with van der Waals surface area (Å²) in [4.78, 5) is 28.2. The summed E-state index contributed by atoms with van der Waals surface area (Å²) < 4.78 is 31.5. The number of halogens is 1. The molecule has 2 heterocycles. The Morgan fingerprint density at radius 1 is 1.00 bits per heavy atom. The maximum atomic E-state index is 13.6. The van der Waals surface area contributed by atoms with Crippen LogP contribution in [-0.4, -0.2) is 60.5 Å². The van der Waals surface area contributed by atoms with Crippen molar-refractivity contribution in [3.8, 4) is 22.6 Å². The standard InChI is InChI=1S/C31H33FN2O6/c1-3-38-26-17-21(18-27(39-4-2)28(26)22-9-11-23(32)12-10-22)19-33-15-13-31(14-16-33)20-34(30(37)40-31)25-8-6-5-7-24(25)29(35)36/h5-12,17-18H,3-4,13-16,19-20H2,1-2H3,(H,35,36). The first kappa shape index (κ1) is 27.5. The number of likely N-dealkylation sites (tertiary alicyclic amines) is 1. The second-order valence-electron chi connectivity index (χ2n) is 10.1. The summed E-state index contributed by atoms with van der Waals surface area (Å²) in [5, 5.41) is 9.57. The molecule has 210 valence electrons. The van der Waals surface area contributed by atoms with E-state index in [9.17, 15) is 19.1 Å². The van der Waals surface area contributed by atoms with E-state index in [1.807, 2.05) is 26.0 Å². The smallest absolute Gasteiger partial charge is 0.415 e. The van der Waals surface area contributed by atoms with Gasteiger partial charge in [-0.15, -0.1) is 0 Å². The van der Waals surface area contributed by atoms with E-state index in [0.717, 1.165) is 16.7 Å². The lowest BCUT2D eigenvalue weighted by molar-refractivity contribution is -0.00101. The summed E-state index contributed by atoms with van der Waals surface area (Å²) in [6, 6.07) is 16.8. The Labute approximate surface area is 232 Å². The fourth-order valence-electron chi connectivity index (χ4n) is 5.51. The molecule has 0 aromatic heterocycles. The highest BCUT2D eigenvalue weighted by molar-refractivity contribution is 6.00. The van der Waals surface area contributed by atoms with Gasteiger partial charge in [0.1, 0.15) is 22.9 Å². The van der Waals surface area contributed by atoms with Crippen LogP contribution in [0.3, 0.4) is 0 Å². The number of hydrogen-bond acceptors (Lipinski definition) is 6. The van der Waals surface area contributed by atoms with Crippen LogP contribution in [0.1, 0.15) is 42.6 Å². The molecular formula is C31H33FN2O6. The first-order chi connectivity index (χ1) is 19.3. The number of anilines is 1. The number of hydrogen-bond donors (Lipinski definition) is 1. The van der Waals surface area contributed by atoms with Crippen LogP contribution in [-0.2, 0) is 11.3 Å². The van der Waals surface area contributed by atoms with E-state index in [-0.39, 0.29) is 11.4 Å². The van der Waals surface area contributed by atoms with Crippen molar-refractivity contribution < 1.29 is 33.3 Å². The van der Waals surface area contributed by atoms with Crippen molar-refractivity contribution in [2.45, 2.75) is 38.8 Å². The lowest BCUT2D eigenvalue weighted by atomic mass is 9.90. The topological polar surface area (TPSA) is 88.5 Å². The number of amides is 1. The van der Waals surface area contributed by atoms with Gasteiger partial charge in [-0.25, -0.2) is 14.0 Å². The van der Waals surface area contributed by atoms with Gasteiger partial charge in [-0.3, -0.25) is 9.80 Å². The van der Waals surface area contributed by atoms with E-state index >= 15 is 0 Å². The number of rotatable bonds is 9. The minimum absolute atomic E-state index is 0.0771. The van der Waals surface area contributed by atoms with Gasteiger partial charge < -0.3 is 19.3 Å². The number of ether oxygens (including phenoxy) is 3. The van der Waals surface area contributed by atoms with Crippen LogP contribution in [0.5, 0.6) is 11.5 Å². The molecule has 5 rings (SSSR count). The Morgan fingerprint density at radius 3 is 2.23 bits per heavy atom. The van der Waals surface area contributed by atoms with Crippen LogP contribution in [0, 0.1) is 5.82 Å². The normalized spacial score (nSPS) is 16.7. The number of carboxylic acids is 1. The lowest BCUT2D eigenvalue weighted by Gasteiger charge is -2.37. The van der Waals surface area contributed by atoms with Crippen molar-refractivity contribution in [3.05, 3.63) is 77.6 Å². The molecule has 1 spiro atoms. The molecule has 2 saturated heterocycles. The lowest BCUT2D eigenvalue weighted by Crippen LogP contribution is -2.46. The molecule has 8 nitrogen and oxygen atoms in total. The molecule has 0 atom stereocenters. The fourth-order valence-corrected chi connectivity index (χ4v) is 5.51. The molecule has 0 bridgehead atoms. The third kappa shape index (κ3) is 5.60. The third-order valence-electron chi connectivity index (χ3n) is 7.43. The molecule has 2 aliphatic rings. The van der Waals surface area contributed by atoms with Gasteiger partial charge in [0, 0.05) is 32.5 Å². The number of carbonyl (C=O) groups is 2. The quantitative estimate of drug-likeness (QED) is 0.352. The third-order valence-corrected chi connectivity index (χ3v) is 7.43. The number of carbonyl (C=O) groups excluding carboxylic acids is 1. The van der Waals surface area contributed by atoms with E-state index in [0.29, 0.717) is 69.4 Å². The Balaban J connectivity index is 1.32. The molecule has 40 heavy (non-hydrogen) atoms. The molecule has 3 aromatic rings. The Bertz CT molecular complexity index is 1360. The molecular weight excluding hydrogens is 515 g/mol. The number of para-hydroxylation sites is 1. The minimum atomic E-state index is -1.08. The summed E-state index contributed by atoms with van der Waals surface area (Å²) in [5.74, 6) is -0.0224. The second-order valence-corrected chi connectivity index (χ2v) is 10.1. The summed E-state index contributed by atoms with van der Waals surface area (Å²) in [7, 11) is 0. The zero-order chi connectivity index (χ0) is 28.3. The van der Waals surface area contributed by atoms with E-state index in [1.54, 1.807) is 30.3 Å². The number of carboxylic acid groups (broad SMARTS) is 1. The maximum Gasteiger partial charge on any atom is 0.415 e. The largest absolute Gasteiger partial charge is 0.493 e. The van der Waals surface area contributed by atoms with Gasteiger partial charge in [0.25, 0.3) is 0 Å². The number of aromatic carboxylic acids is 1. The highest BCUT2D eigenvalue weighted by Crippen LogP contribution is 2.41. The number of piperidine rings is 1. The van der Waals surface area contributed by atoms with Gasteiger partial charge in [0.15, 0.2) is 0 Å². The highest BCUT2D eigenvalue weighted by Gasteiger charge is 2.48. The van der Waals surface area contributed by atoms with Gasteiger partial charge in [0.05, 0.1) is 36.6 Å². The maximum absolute atomic E-state index is 13.6. The van der Waals surface area contributed by atoms with E-state index in [4.69, 9.17) is 14.2 Å². The molecule has 0 unspecified atom stereocenters. The average Bonchev–Trinajstić information content (AvgIpc) is 3.26. The SMILES string of the molecule is CCOc1cc(CN2CCC3(CC2)CN(c2ccccc2C(=O)O)C(=O)O3)cc(OCC)c1-c1ccc(F)cc1. The first-order valence-corrected chi connectivity index (χ1v) is 13.6. The van der Waals surface area contributed by atoms with Gasteiger partial charge in [-0.2, -0.15) is 0 Å². The Morgan fingerprint density at radius 2 is 1.62 bits per heavy atom. The summed E-state index contributed by atoms with van der Waals surface area (Å²) in [5.41, 5.74) is 2.41. The van der Waals surface area contributed by atoms with Gasteiger partial charge >= 0.3 is 12.1 Å². The molecule has 3 aromatic carbocycles. The average molecular weight is 549 g/mol. The van der Waals surface area contributed by atoms with Gasteiger partial charge in [0.2, 0.25) is 0 Å². The van der Waals surface area contributed by atoms with Crippen LogP contribution in [0.25, 0.3) is 11.1 Å². The first-order valence-electron chi connectivity index (χ1n) is 13.6. The second kappa shape index (κ2) is 11.6. The molecule has 0 radical (unpaired) electrons. The molecule has 2 fully saturated rings. The van der Waals surface area contributed by atoms with Crippen molar-refractivity contribution in [1.82, 2.24) is 4.90 Å². The van der Waals surface area contributed by atoms with E-state index < -0.39 is 17.7 Å². The van der Waals surface area contributed by atoms with Crippen LogP contribution >= 0.6 is 0 Å². The number of benzene rings is 3. The van der Waals surface area contributed by atoms with Crippen LogP contribution in [0.4, 0.5) is 14.9 Å². The van der Waals surface area contributed by atoms with E-state index in [2.05, 4.69) is 4.90 Å². The zero-order valence-electron chi connectivity index (χ0n) is 22.7. The molecule has 2 aliphatic heterocycles. The Kier molecular flexibility index (Phi) is 7.93. The molecule has 1 N–H and O–H groups in total. The molecule has 9 heteroatoms.